The van der Waals surface area contributed by atoms with E-state index in [0.717, 1.165) is 34.9 Å². The van der Waals surface area contributed by atoms with E-state index in [-0.39, 0.29) is 39.7 Å². The Labute approximate surface area is 249 Å². The third-order valence-electron chi connectivity index (χ3n) is 7.54. The number of benzene rings is 4. The molecule has 1 aliphatic rings. The minimum absolute atomic E-state index is 0.00747. The van der Waals surface area contributed by atoms with Crippen LogP contribution in [-0.2, 0) is 16.6 Å². The highest BCUT2D eigenvalue weighted by Gasteiger charge is 2.33. The quantitative estimate of drug-likeness (QED) is 0.195. The topological polar surface area (TPSA) is 70.6 Å². The van der Waals surface area contributed by atoms with E-state index in [1.807, 2.05) is 54.6 Å². The third-order valence-corrected chi connectivity index (χ3v) is 9.80. The molecule has 6 rings (SSSR count). The molecular formula is C33H27ClFN3O3S. The summed E-state index contributed by atoms with van der Waals surface area (Å²) in [4.78, 5) is 20.0. The number of carbonyl (C=O) groups excluding carboxylic acids is 1. The lowest BCUT2D eigenvalue weighted by molar-refractivity contribution is 0.0735. The van der Waals surface area contributed by atoms with Gasteiger partial charge in [-0.25, -0.2) is 12.8 Å². The number of sulfonamides is 1. The minimum Gasteiger partial charge on any atom is -0.332 e. The molecule has 0 radical (unpaired) electrons. The first-order chi connectivity index (χ1) is 20.3. The molecule has 0 bridgehead atoms. The molecule has 1 aromatic heterocycles. The number of aromatic nitrogens is 1. The van der Waals surface area contributed by atoms with Gasteiger partial charge in [-0.1, -0.05) is 60.1 Å². The monoisotopic (exact) mass is 599 g/mol. The molecule has 1 aliphatic heterocycles. The van der Waals surface area contributed by atoms with Crippen LogP contribution >= 0.6 is 11.6 Å². The molecule has 2 heterocycles. The highest BCUT2D eigenvalue weighted by molar-refractivity contribution is 7.93. The van der Waals surface area contributed by atoms with Crippen LogP contribution in [0.15, 0.2) is 114 Å². The Morgan fingerprint density at radius 2 is 1.69 bits per heavy atom. The number of anilines is 1. The summed E-state index contributed by atoms with van der Waals surface area (Å²) in [7, 11) is -4.27. The summed E-state index contributed by atoms with van der Waals surface area (Å²) in [6.45, 7) is 0.531. The molecule has 1 amide bonds. The molecule has 5 aromatic rings. The molecule has 1 unspecified atom stereocenters. The van der Waals surface area contributed by atoms with Gasteiger partial charge in [0.05, 0.1) is 28.8 Å². The molecule has 0 N–H and O–H groups in total. The second kappa shape index (κ2) is 11.5. The second-order valence-electron chi connectivity index (χ2n) is 10.2. The maximum absolute atomic E-state index is 14.2. The summed E-state index contributed by atoms with van der Waals surface area (Å²) >= 11 is 6.49. The standard InChI is InChI=1S/C33H27ClFN3O3S/c34-29-17-12-25(33(39)37-18-6-11-31(37)26-19-24-9-4-5-10-30(24)36-21-26)20-32(29)42(40,41)38(22-23-7-2-1-3-8-23)28-15-13-27(35)14-16-28/h1-5,7-10,12-17,19-21,31H,6,11,18,22H2. The molecule has 9 heteroatoms. The van der Waals surface area contributed by atoms with Crippen LogP contribution in [-0.4, -0.2) is 30.8 Å². The fraction of sp³-hybridized carbons (Fsp3) is 0.152. The van der Waals surface area contributed by atoms with Crippen LogP contribution in [0, 0.1) is 5.82 Å². The lowest BCUT2D eigenvalue weighted by Crippen LogP contribution is -2.32. The van der Waals surface area contributed by atoms with Crippen molar-refractivity contribution in [2.24, 2.45) is 0 Å². The lowest BCUT2D eigenvalue weighted by atomic mass is 10.0. The van der Waals surface area contributed by atoms with Crippen LogP contribution in [0.4, 0.5) is 10.1 Å². The van der Waals surface area contributed by atoms with E-state index in [2.05, 4.69) is 11.1 Å². The minimum atomic E-state index is -4.27. The first-order valence-electron chi connectivity index (χ1n) is 13.6. The molecule has 42 heavy (non-hydrogen) atoms. The van der Waals surface area contributed by atoms with Crippen molar-refractivity contribution in [3.05, 3.63) is 137 Å². The number of carbonyl (C=O) groups is 1. The molecule has 6 nitrogen and oxygen atoms in total. The maximum Gasteiger partial charge on any atom is 0.266 e. The second-order valence-corrected chi connectivity index (χ2v) is 12.5. The molecule has 1 atom stereocenters. The number of amides is 1. The Hall–Kier alpha value is -4.27. The van der Waals surface area contributed by atoms with Crippen molar-refractivity contribution in [3.63, 3.8) is 0 Å². The van der Waals surface area contributed by atoms with Crippen molar-refractivity contribution in [1.29, 1.82) is 0 Å². The van der Waals surface area contributed by atoms with Gasteiger partial charge in [-0.05, 0) is 78.6 Å². The number of pyridine rings is 1. The smallest absolute Gasteiger partial charge is 0.266 e. The van der Waals surface area contributed by atoms with E-state index in [9.17, 15) is 17.6 Å². The lowest BCUT2D eigenvalue weighted by Gasteiger charge is -2.27. The largest absolute Gasteiger partial charge is 0.332 e. The molecule has 212 valence electrons. The molecular weight excluding hydrogens is 573 g/mol. The van der Waals surface area contributed by atoms with Gasteiger partial charge in [-0.2, -0.15) is 0 Å². The zero-order valence-electron chi connectivity index (χ0n) is 22.5. The van der Waals surface area contributed by atoms with Gasteiger partial charge in [0, 0.05) is 23.7 Å². The fourth-order valence-corrected chi connectivity index (χ4v) is 7.37. The van der Waals surface area contributed by atoms with Gasteiger partial charge >= 0.3 is 0 Å². The van der Waals surface area contributed by atoms with Gasteiger partial charge in [0.15, 0.2) is 0 Å². The van der Waals surface area contributed by atoms with E-state index < -0.39 is 15.8 Å². The van der Waals surface area contributed by atoms with Crippen LogP contribution in [0.5, 0.6) is 0 Å². The van der Waals surface area contributed by atoms with E-state index in [1.54, 1.807) is 17.2 Å². The zero-order valence-corrected chi connectivity index (χ0v) is 24.1. The molecule has 0 saturated carbocycles. The average molecular weight is 600 g/mol. The number of rotatable bonds is 7. The average Bonchev–Trinajstić information content (AvgIpc) is 3.51. The predicted octanol–water partition coefficient (Wildman–Crippen LogP) is 7.40. The number of nitrogens with zero attached hydrogens (tertiary/aromatic N) is 3. The molecule has 0 spiro atoms. The van der Waals surface area contributed by atoms with E-state index in [0.29, 0.717) is 6.54 Å². The van der Waals surface area contributed by atoms with Crippen LogP contribution in [0.2, 0.25) is 5.02 Å². The van der Waals surface area contributed by atoms with Crippen molar-refractivity contribution >= 4 is 44.1 Å². The van der Waals surface area contributed by atoms with Crippen molar-refractivity contribution in [2.45, 2.75) is 30.3 Å². The van der Waals surface area contributed by atoms with Gasteiger partial charge in [-0.3, -0.25) is 14.1 Å². The predicted molar refractivity (Wildman–Crippen MR) is 162 cm³/mol. The van der Waals surface area contributed by atoms with E-state index in [4.69, 9.17) is 11.6 Å². The van der Waals surface area contributed by atoms with E-state index >= 15 is 0 Å². The highest BCUT2D eigenvalue weighted by atomic mass is 35.5. The normalized spacial score (nSPS) is 15.2. The fourth-order valence-electron chi connectivity index (χ4n) is 5.42. The first kappa shape index (κ1) is 27.9. The summed E-state index contributed by atoms with van der Waals surface area (Å²) in [5, 5.41) is 0.983. The summed E-state index contributed by atoms with van der Waals surface area (Å²) in [6, 6.07) is 28.3. The van der Waals surface area contributed by atoms with E-state index in [1.165, 1.54) is 40.7 Å². The van der Waals surface area contributed by atoms with Crippen LogP contribution in [0.3, 0.4) is 0 Å². The van der Waals surface area contributed by atoms with Crippen molar-refractivity contribution in [1.82, 2.24) is 9.88 Å². The number of fused-ring (bicyclic) bond motifs is 1. The molecule has 0 aliphatic carbocycles. The SMILES string of the molecule is O=C(c1ccc(Cl)c(S(=O)(=O)N(Cc2ccccc2)c2ccc(F)cc2)c1)N1CCCC1c1cnc2ccccc2c1. The first-order valence-corrected chi connectivity index (χ1v) is 15.4. The van der Waals surface area contributed by atoms with Crippen molar-refractivity contribution in [3.8, 4) is 0 Å². The Bertz CT molecular complexity index is 1870. The Morgan fingerprint density at radius 3 is 2.48 bits per heavy atom. The number of halogens is 2. The van der Waals surface area contributed by atoms with Gasteiger partial charge in [0.1, 0.15) is 10.7 Å². The number of hydrogen-bond acceptors (Lipinski definition) is 4. The Kier molecular flexibility index (Phi) is 7.66. The molecule has 1 fully saturated rings. The van der Waals surface area contributed by atoms with Gasteiger partial charge in [0.25, 0.3) is 15.9 Å². The maximum atomic E-state index is 14.2. The Balaban J connectivity index is 1.35. The molecule has 1 saturated heterocycles. The summed E-state index contributed by atoms with van der Waals surface area (Å²) in [5.41, 5.74) is 3.05. The van der Waals surface area contributed by atoms with Crippen LogP contribution in [0.1, 0.15) is 40.4 Å². The zero-order chi connectivity index (χ0) is 29.3. The number of hydrogen-bond donors (Lipinski definition) is 0. The third kappa shape index (κ3) is 5.47. The summed E-state index contributed by atoms with van der Waals surface area (Å²) < 4.78 is 43.3. The van der Waals surface area contributed by atoms with Crippen LogP contribution in [0.25, 0.3) is 10.9 Å². The number of para-hydroxylation sites is 1. The number of likely N-dealkylation sites (tertiary alicyclic amines) is 1. The Morgan fingerprint density at radius 1 is 0.952 bits per heavy atom. The van der Waals surface area contributed by atoms with Crippen molar-refractivity contribution < 1.29 is 17.6 Å². The molecule has 4 aromatic carbocycles. The van der Waals surface area contributed by atoms with Crippen molar-refractivity contribution in [2.75, 3.05) is 10.8 Å². The van der Waals surface area contributed by atoms with Crippen LogP contribution < -0.4 is 4.31 Å². The van der Waals surface area contributed by atoms with Gasteiger partial charge in [0.2, 0.25) is 0 Å². The summed E-state index contributed by atoms with van der Waals surface area (Å²) in [6.07, 6.45) is 3.40. The van der Waals surface area contributed by atoms with Gasteiger partial charge < -0.3 is 4.90 Å². The summed E-state index contributed by atoms with van der Waals surface area (Å²) in [5.74, 6) is -0.765. The van der Waals surface area contributed by atoms with Gasteiger partial charge in [-0.15, -0.1) is 0 Å². The highest BCUT2D eigenvalue weighted by Crippen LogP contribution is 2.36.